The molecule has 162 valence electrons. The lowest BCUT2D eigenvalue weighted by molar-refractivity contribution is -0.136. The minimum atomic E-state index is -0.929. The van der Waals surface area contributed by atoms with Crippen LogP contribution in [0.5, 0.6) is 5.75 Å². The van der Waals surface area contributed by atoms with Crippen LogP contribution in [0.1, 0.15) is 22.8 Å². The number of nitrogens with one attached hydrogen (secondary N) is 1. The highest BCUT2D eigenvalue weighted by molar-refractivity contribution is 5.93. The number of aliphatic carboxylic acids is 1. The van der Waals surface area contributed by atoms with Crippen LogP contribution in [-0.2, 0) is 17.8 Å². The number of carboxylic acids is 1. The first-order valence-electron chi connectivity index (χ1n) is 10.3. The Morgan fingerprint density at radius 3 is 2.75 bits per heavy atom. The van der Waals surface area contributed by atoms with E-state index in [-0.39, 0.29) is 18.8 Å². The van der Waals surface area contributed by atoms with Crippen molar-refractivity contribution in [1.29, 1.82) is 0 Å². The lowest BCUT2D eigenvalue weighted by Crippen LogP contribution is -2.24. The number of halogens is 1. The molecule has 1 aliphatic heterocycles. The summed E-state index contributed by atoms with van der Waals surface area (Å²) in [5.74, 6) is -0.778. The van der Waals surface area contributed by atoms with Gasteiger partial charge in [0.05, 0.1) is 24.9 Å². The zero-order valence-electron chi connectivity index (χ0n) is 17.1. The summed E-state index contributed by atoms with van der Waals surface area (Å²) < 4.78 is 27.1. The topological polar surface area (TPSA) is 97.7 Å². The van der Waals surface area contributed by atoms with Crippen molar-refractivity contribution in [3.8, 4) is 16.9 Å². The average Bonchev–Trinajstić information content (AvgIpc) is 3.27. The minimum absolute atomic E-state index is 0.0967. The van der Waals surface area contributed by atoms with E-state index in [4.69, 9.17) is 14.9 Å². The molecule has 0 bridgehead atoms. The van der Waals surface area contributed by atoms with Crippen LogP contribution in [-0.4, -0.2) is 17.6 Å². The molecule has 1 atom stereocenters. The van der Waals surface area contributed by atoms with Gasteiger partial charge in [0.15, 0.2) is 0 Å². The molecule has 0 spiro atoms. The Balaban J connectivity index is 1.59. The van der Waals surface area contributed by atoms with E-state index in [0.717, 1.165) is 16.6 Å². The first-order valence-corrected chi connectivity index (χ1v) is 10.3. The standard InChI is InChI=1S/C25H21FN2O4/c26-23-16(12-27)4-1-5-18(23)19-10-17(9-15-7-8-31-24(15)19)21-13-28-20-6-2-3-14(11-22(29)30)25(20)32-21/h1-10,21,28H,11-13,27H2,(H,29,30). The van der Waals surface area contributed by atoms with E-state index in [0.29, 0.717) is 40.1 Å². The maximum Gasteiger partial charge on any atom is 0.307 e. The summed E-state index contributed by atoms with van der Waals surface area (Å²) >= 11 is 0. The Labute approximate surface area is 183 Å². The number of benzene rings is 3. The van der Waals surface area contributed by atoms with Gasteiger partial charge in [0.25, 0.3) is 0 Å². The zero-order valence-corrected chi connectivity index (χ0v) is 17.1. The fourth-order valence-electron chi connectivity index (χ4n) is 4.17. The van der Waals surface area contributed by atoms with E-state index >= 15 is 4.39 Å². The fourth-order valence-corrected chi connectivity index (χ4v) is 4.17. The van der Waals surface area contributed by atoms with E-state index < -0.39 is 12.1 Å². The average molecular weight is 432 g/mol. The van der Waals surface area contributed by atoms with Crippen molar-refractivity contribution < 1.29 is 23.4 Å². The number of carbonyl (C=O) groups is 1. The zero-order chi connectivity index (χ0) is 22.2. The van der Waals surface area contributed by atoms with Crippen LogP contribution in [0.15, 0.2) is 65.3 Å². The summed E-state index contributed by atoms with van der Waals surface area (Å²) in [6, 6.07) is 16.2. The van der Waals surface area contributed by atoms with E-state index in [2.05, 4.69) is 5.32 Å². The Kier molecular flexibility index (Phi) is 5.03. The number of hydrogen-bond donors (Lipinski definition) is 3. The highest BCUT2D eigenvalue weighted by atomic mass is 19.1. The van der Waals surface area contributed by atoms with Gasteiger partial charge >= 0.3 is 5.97 Å². The molecule has 1 aliphatic rings. The number of ether oxygens (including phenoxy) is 1. The van der Waals surface area contributed by atoms with Gasteiger partial charge in [-0.25, -0.2) is 4.39 Å². The number of anilines is 1. The minimum Gasteiger partial charge on any atom is -0.481 e. The third-order valence-corrected chi connectivity index (χ3v) is 5.71. The van der Waals surface area contributed by atoms with Crippen LogP contribution in [0.2, 0.25) is 0 Å². The van der Waals surface area contributed by atoms with Crippen LogP contribution >= 0.6 is 0 Å². The molecule has 0 fully saturated rings. The number of hydrogen-bond acceptors (Lipinski definition) is 5. The van der Waals surface area contributed by atoms with E-state index in [9.17, 15) is 9.90 Å². The van der Waals surface area contributed by atoms with Gasteiger partial charge in [-0.3, -0.25) is 4.79 Å². The number of furan rings is 1. The number of nitrogens with two attached hydrogens (primary N) is 1. The maximum absolute atomic E-state index is 15.1. The van der Waals surface area contributed by atoms with Crippen molar-refractivity contribution in [3.63, 3.8) is 0 Å². The van der Waals surface area contributed by atoms with Gasteiger partial charge in [-0.1, -0.05) is 30.3 Å². The summed E-state index contributed by atoms with van der Waals surface area (Å²) in [7, 11) is 0. The molecule has 1 aromatic heterocycles. The molecule has 5 rings (SSSR count). The predicted molar refractivity (Wildman–Crippen MR) is 119 cm³/mol. The van der Waals surface area contributed by atoms with Crippen molar-refractivity contribution in [2.75, 3.05) is 11.9 Å². The number of para-hydroxylation sites is 1. The summed E-state index contributed by atoms with van der Waals surface area (Å²) in [5.41, 5.74) is 9.91. The highest BCUT2D eigenvalue weighted by Crippen LogP contribution is 2.40. The molecule has 0 radical (unpaired) electrons. The fraction of sp³-hybridized carbons (Fsp3) is 0.160. The Hall–Kier alpha value is -3.84. The van der Waals surface area contributed by atoms with Gasteiger partial charge in [-0.15, -0.1) is 0 Å². The molecule has 0 amide bonds. The summed E-state index contributed by atoms with van der Waals surface area (Å²) in [5, 5.41) is 13.4. The number of rotatable bonds is 5. The van der Waals surface area contributed by atoms with Gasteiger partial charge in [-0.2, -0.15) is 0 Å². The molecule has 4 N–H and O–H groups in total. The summed E-state index contributed by atoms with van der Waals surface area (Å²) in [6.07, 6.45) is 1.04. The molecule has 0 aliphatic carbocycles. The van der Waals surface area contributed by atoms with Gasteiger partial charge in [0.2, 0.25) is 0 Å². The third-order valence-electron chi connectivity index (χ3n) is 5.71. The molecule has 1 unspecified atom stereocenters. The quantitative estimate of drug-likeness (QED) is 0.416. The number of carboxylic acid groups (broad SMARTS) is 1. The van der Waals surface area contributed by atoms with Crippen LogP contribution in [0, 0.1) is 5.82 Å². The third kappa shape index (κ3) is 3.46. The molecule has 7 heteroatoms. The second kappa shape index (κ2) is 8.01. The van der Waals surface area contributed by atoms with Crippen molar-refractivity contribution in [1.82, 2.24) is 0 Å². The molecular weight excluding hydrogens is 411 g/mol. The second-order valence-electron chi connectivity index (χ2n) is 7.74. The highest BCUT2D eigenvalue weighted by Gasteiger charge is 2.26. The summed E-state index contributed by atoms with van der Waals surface area (Å²) in [6.45, 7) is 0.580. The van der Waals surface area contributed by atoms with Gasteiger partial charge < -0.3 is 25.3 Å². The van der Waals surface area contributed by atoms with E-state index in [1.807, 2.05) is 24.3 Å². The Morgan fingerprint density at radius 1 is 1.12 bits per heavy atom. The Bertz CT molecular complexity index is 1330. The van der Waals surface area contributed by atoms with Crippen molar-refractivity contribution in [2.45, 2.75) is 19.1 Å². The smallest absolute Gasteiger partial charge is 0.307 e. The normalized spacial score (nSPS) is 15.1. The van der Waals surface area contributed by atoms with Crippen LogP contribution in [0.3, 0.4) is 0 Å². The molecule has 0 saturated heterocycles. The van der Waals surface area contributed by atoms with E-state index in [1.54, 1.807) is 36.6 Å². The monoisotopic (exact) mass is 432 g/mol. The van der Waals surface area contributed by atoms with Gasteiger partial charge in [0.1, 0.15) is 23.3 Å². The summed E-state index contributed by atoms with van der Waals surface area (Å²) in [4.78, 5) is 11.3. The van der Waals surface area contributed by atoms with Crippen LogP contribution < -0.4 is 15.8 Å². The predicted octanol–water partition coefficient (Wildman–Crippen LogP) is 4.87. The molecular formula is C25H21FN2O4. The van der Waals surface area contributed by atoms with Crippen LogP contribution in [0.4, 0.5) is 10.1 Å². The lowest BCUT2D eigenvalue weighted by atomic mass is 9.95. The first kappa shape index (κ1) is 20.1. The van der Waals surface area contributed by atoms with Gasteiger partial charge in [-0.05, 0) is 29.8 Å². The molecule has 3 aromatic carbocycles. The molecule has 4 aromatic rings. The largest absolute Gasteiger partial charge is 0.481 e. The van der Waals surface area contributed by atoms with Crippen molar-refractivity contribution >= 4 is 22.6 Å². The molecule has 0 saturated carbocycles. The first-order chi connectivity index (χ1) is 15.5. The van der Waals surface area contributed by atoms with E-state index in [1.165, 1.54) is 0 Å². The SMILES string of the molecule is NCc1cccc(-c2cc(C3CNc4cccc(CC(=O)O)c4O3)cc3ccoc23)c1F. The molecule has 6 nitrogen and oxygen atoms in total. The lowest BCUT2D eigenvalue weighted by Gasteiger charge is -2.29. The van der Waals surface area contributed by atoms with Gasteiger partial charge in [0, 0.05) is 34.2 Å². The maximum atomic E-state index is 15.1. The molecule has 2 heterocycles. The van der Waals surface area contributed by atoms with Crippen LogP contribution in [0.25, 0.3) is 22.1 Å². The number of fused-ring (bicyclic) bond motifs is 2. The molecule has 32 heavy (non-hydrogen) atoms. The Morgan fingerprint density at radius 2 is 1.94 bits per heavy atom. The van der Waals surface area contributed by atoms with Crippen molar-refractivity contribution in [3.05, 3.63) is 83.4 Å². The van der Waals surface area contributed by atoms with Crippen molar-refractivity contribution in [2.24, 2.45) is 5.73 Å². The second-order valence-corrected chi connectivity index (χ2v) is 7.74.